The molecule has 4 heteroatoms. The van der Waals surface area contributed by atoms with Gasteiger partial charge in [0.05, 0.1) is 5.69 Å². The van der Waals surface area contributed by atoms with Crippen molar-refractivity contribution in [2.24, 2.45) is 5.92 Å². The molecule has 88 valence electrons. The molecular formula is C13H16N4. The highest BCUT2D eigenvalue weighted by Gasteiger charge is 2.28. The molecule has 2 heterocycles. The lowest BCUT2D eigenvalue weighted by atomic mass is 10.2. The molecule has 17 heavy (non-hydrogen) atoms. The van der Waals surface area contributed by atoms with Crippen molar-refractivity contribution < 1.29 is 0 Å². The first kappa shape index (κ1) is 10.3. The lowest BCUT2D eigenvalue weighted by Crippen LogP contribution is -2.19. The zero-order valence-corrected chi connectivity index (χ0v) is 9.87. The largest absolute Gasteiger partial charge is 0.379 e. The van der Waals surface area contributed by atoms with E-state index < -0.39 is 0 Å². The van der Waals surface area contributed by atoms with Gasteiger partial charge in [-0.15, -0.1) is 0 Å². The minimum atomic E-state index is 0.508. The molecule has 2 aromatic rings. The van der Waals surface area contributed by atoms with Crippen molar-refractivity contribution in [3.8, 4) is 5.82 Å². The molecular weight excluding hydrogens is 212 g/mol. The molecule has 4 nitrogen and oxygen atoms in total. The molecule has 0 radical (unpaired) electrons. The molecule has 0 spiro atoms. The SMILES string of the molecule is CC(Nc1cccnc1-n1cccn1)C1CC1. The number of hydrogen-bond acceptors (Lipinski definition) is 3. The summed E-state index contributed by atoms with van der Waals surface area (Å²) >= 11 is 0. The van der Waals surface area contributed by atoms with Gasteiger partial charge in [0.1, 0.15) is 0 Å². The van der Waals surface area contributed by atoms with Gasteiger partial charge in [-0.05, 0) is 43.9 Å². The van der Waals surface area contributed by atoms with Crippen LogP contribution < -0.4 is 5.32 Å². The van der Waals surface area contributed by atoms with E-state index in [0.29, 0.717) is 6.04 Å². The number of hydrogen-bond donors (Lipinski definition) is 1. The smallest absolute Gasteiger partial charge is 0.176 e. The Bertz CT molecular complexity index is 488. The molecule has 1 unspecified atom stereocenters. The summed E-state index contributed by atoms with van der Waals surface area (Å²) in [6, 6.07) is 6.43. The van der Waals surface area contributed by atoms with Crippen LogP contribution in [0, 0.1) is 5.92 Å². The van der Waals surface area contributed by atoms with Gasteiger partial charge in [0.25, 0.3) is 0 Å². The van der Waals surface area contributed by atoms with Crippen LogP contribution in [0.4, 0.5) is 5.69 Å². The normalized spacial score (nSPS) is 16.8. The molecule has 0 aromatic carbocycles. The fourth-order valence-corrected chi connectivity index (χ4v) is 2.05. The molecule has 1 atom stereocenters. The number of aromatic nitrogens is 3. The van der Waals surface area contributed by atoms with Gasteiger partial charge in [-0.3, -0.25) is 0 Å². The summed E-state index contributed by atoms with van der Waals surface area (Å²) in [5.41, 5.74) is 1.05. The Hall–Kier alpha value is -1.84. The van der Waals surface area contributed by atoms with Crippen LogP contribution in [0.5, 0.6) is 0 Å². The molecule has 1 saturated carbocycles. The summed E-state index contributed by atoms with van der Waals surface area (Å²) in [4.78, 5) is 4.39. The number of nitrogens with one attached hydrogen (secondary N) is 1. The molecule has 2 aromatic heterocycles. The van der Waals surface area contributed by atoms with E-state index in [1.54, 1.807) is 17.1 Å². The molecule has 0 amide bonds. The summed E-state index contributed by atoms with van der Waals surface area (Å²) in [6.45, 7) is 2.23. The summed E-state index contributed by atoms with van der Waals surface area (Å²) in [5, 5.41) is 7.77. The Morgan fingerprint density at radius 3 is 2.94 bits per heavy atom. The topological polar surface area (TPSA) is 42.7 Å². The van der Waals surface area contributed by atoms with Crippen LogP contribution in [0.25, 0.3) is 5.82 Å². The van der Waals surface area contributed by atoms with E-state index in [4.69, 9.17) is 0 Å². The fourth-order valence-electron chi connectivity index (χ4n) is 2.05. The first-order valence-electron chi connectivity index (χ1n) is 6.06. The monoisotopic (exact) mass is 228 g/mol. The van der Waals surface area contributed by atoms with Gasteiger partial charge >= 0.3 is 0 Å². The second-order valence-electron chi connectivity index (χ2n) is 4.60. The van der Waals surface area contributed by atoms with Crippen molar-refractivity contribution >= 4 is 5.69 Å². The van der Waals surface area contributed by atoms with Crippen molar-refractivity contribution in [1.29, 1.82) is 0 Å². The highest BCUT2D eigenvalue weighted by atomic mass is 15.3. The Balaban J connectivity index is 1.88. The summed E-state index contributed by atoms with van der Waals surface area (Å²) in [6.07, 6.45) is 8.15. The molecule has 1 fully saturated rings. The van der Waals surface area contributed by atoms with E-state index in [-0.39, 0.29) is 0 Å². The lowest BCUT2D eigenvalue weighted by Gasteiger charge is -2.16. The minimum Gasteiger partial charge on any atom is -0.379 e. The van der Waals surface area contributed by atoms with Crippen LogP contribution in [0.1, 0.15) is 19.8 Å². The zero-order valence-electron chi connectivity index (χ0n) is 9.87. The van der Waals surface area contributed by atoms with Crippen LogP contribution in [0.3, 0.4) is 0 Å². The number of rotatable bonds is 4. The van der Waals surface area contributed by atoms with Gasteiger partial charge in [-0.1, -0.05) is 0 Å². The van der Waals surface area contributed by atoms with Crippen molar-refractivity contribution in [3.05, 3.63) is 36.8 Å². The van der Waals surface area contributed by atoms with Gasteiger partial charge in [0, 0.05) is 24.6 Å². The van der Waals surface area contributed by atoms with Crippen LogP contribution in [0.15, 0.2) is 36.8 Å². The second-order valence-corrected chi connectivity index (χ2v) is 4.60. The predicted octanol–water partition coefficient (Wildman–Crippen LogP) is 2.48. The van der Waals surface area contributed by atoms with E-state index >= 15 is 0 Å². The summed E-state index contributed by atoms with van der Waals surface area (Å²) in [5.74, 6) is 1.69. The van der Waals surface area contributed by atoms with Gasteiger partial charge < -0.3 is 5.32 Å². The molecule has 0 aliphatic heterocycles. The summed E-state index contributed by atoms with van der Waals surface area (Å²) < 4.78 is 1.79. The fraction of sp³-hybridized carbons (Fsp3) is 0.385. The van der Waals surface area contributed by atoms with Gasteiger partial charge in [-0.2, -0.15) is 5.10 Å². The molecule has 1 N–H and O–H groups in total. The maximum atomic E-state index is 4.39. The first-order chi connectivity index (χ1) is 8.34. The third-order valence-electron chi connectivity index (χ3n) is 3.22. The van der Waals surface area contributed by atoms with Crippen molar-refractivity contribution in [1.82, 2.24) is 14.8 Å². The van der Waals surface area contributed by atoms with Gasteiger partial charge in [-0.25, -0.2) is 9.67 Å². The van der Waals surface area contributed by atoms with E-state index in [1.807, 2.05) is 18.3 Å². The molecule has 1 aliphatic carbocycles. The van der Waals surface area contributed by atoms with E-state index in [1.165, 1.54) is 12.8 Å². The second kappa shape index (κ2) is 4.20. The van der Waals surface area contributed by atoms with Crippen LogP contribution in [-0.4, -0.2) is 20.8 Å². The molecule has 3 rings (SSSR count). The molecule has 1 aliphatic rings. The minimum absolute atomic E-state index is 0.508. The van der Waals surface area contributed by atoms with Crippen molar-refractivity contribution in [2.45, 2.75) is 25.8 Å². The number of nitrogens with zero attached hydrogens (tertiary/aromatic N) is 3. The predicted molar refractivity (Wildman–Crippen MR) is 67.2 cm³/mol. The Kier molecular flexibility index (Phi) is 2.55. The lowest BCUT2D eigenvalue weighted by molar-refractivity contribution is 0.691. The summed E-state index contributed by atoms with van der Waals surface area (Å²) in [7, 11) is 0. The standard InChI is InChI=1S/C13H16N4/c1-10(11-5-6-11)16-12-4-2-7-14-13(12)17-9-3-8-15-17/h2-4,7-11,16H,5-6H2,1H3. The molecule has 0 bridgehead atoms. The van der Waals surface area contributed by atoms with Crippen molar-refractivity contribution in [2.75, 3.05) is 5.32 Å². The zero-order chi connectivity index (χ0) is 11.7. The number of anilines is 1. The van der Waals surface area contributed by atoms with E-state index in [9.17, 15) is 0 Å². The maximum Gasteiger partial charge on any atom is 0.176 e. The van der Waals surface area contributed by atoms with Crippen LogP contribution in [0.2, 0.25) is 0 Å². The number of pyridine rings is 1. The van der Waals surface area contributed by atoms with E-state index in [0.717, 1.165) is 17.4 Å². The highest BCUT2D eigenvalue weighted by molar-refractivity contribution is 5.56. The Morgan fingerprint density at radius 2 is 2.24 bits per heavy atom. The Labute approximate surface area is 101 Å². The third kappa shape index (κ3) is 2.16. The quantitative estimate of drug-likeness (QED) is 0.874. The van der Waals surface area contributed by atoms with Gasteiger partial charge in [0.2, 0.25) is 0 Å². The van der Waals surface area contributed by atoms with Crippen LogP contribution in [-0.2, 0) is 0 Å². The van der Waals surface area contributed by atoms with Crippen LogP contribution >= 0.6 is 0 Å². The van der Waals surface area contributed by atoms with Crippen molar-refractivity contribution in [3.63, 3.8) is 0 Å². The van der Waals surface area contributed by atoms with Gasteiger partial charge in [0.15, 0.2) is 5.82 Å². The average Bonchev–Trinajstić information content (AvgIpc) is 3.06. The molecule has 0 saturated heterocycles. The first-order valence-corrected chi connectivity index (χ1v) is 6.06. The average molecular weight is 228 g/mol. The third-order valence-corrected chi connectivity index (χ3v) is 3.22. The Morgan fingerprint density at radius 1 is 1.35 bits per heavy atom. The highest BCUT2D eigenvalue weighted by Crippen LogP contribution is 2.34. The van der Waals surface area contributed by atoms with E-state index in [2.05, 4.69) is 28.4 Å². The maximum absolute atomic E-state index is 4.39.